The minimum Gasteiger partial charge on any atom is -0.480 e. The summed E-state index contributed by atoms with van der Waals surface area (Å²) in [6.07, 6.45) is 0. The van der Waals surface area contributed by atoms with Gasteiger partial charge in [-0.05, 0) is 17.7 Å². The van der Waals surface area contributed by atoms with Crippen LogP contribution in [-0.2, 0) is 20.9 Å². The van der Waals surface area contributed by atoms with Crippen molar-refractivity contribution in [1.29, 1.82) is 0 Å². The lowest BCUT2D eigenvalue weighted by Gasteiger charge is -2.48. The Morgan fingerprint density at radius 2 is 2.03 bits per heavy atom. The van der Waals surface area contributed by atoms with Gasteiger partial charge in [-0.15, -0.1) is 28.6 Å². The summed E-state index contributed by atoms with van der Waals surface area (Å²) in [6.45, 7) is -0.579. The van der Waals surface area contributed by atoms with Crippen molar-refractivity contribution >= 4 is 47.0 Å². The molecule has 1 amide bonds. The Labute approximate surface area is 170 Å². The van der Waals surface area contributed by atoms with Crippen molar-refractivity contribution in [2.75, 3.05) is 11.5 Å². The number of thioether (sulfide) groups is 2. The number of carboxylic acid groups (broad SMARTS) is 2. The molecule has 4 heterocycles. The van der Waals surface area contributed by atoms with E-state index >= 15 is 0 Å². The Bertz CT molecular complexity index is 1140. The summed E-state index contributed by atoms with van der Waals surface area (Å²) in [7, 11) is 0. The molecule has 1 fully saturated rings. The van der Waals surface area contributed by atoms with Crippen molar-refractivity contribution in [1.82, 2.24) is 24.3 Å². The van der Waals surface area contributed by atoms with E-state index in [4.69, 9.17) is 10.8 Å². The highest BCUT2D eigenvalue weighted by Gasteiger charge is 2.51. The summed E-state index contributed by atoms with van der Waals surface area (Å²) in [5.41, 5.74) is 5.74. The van der Waals surface area contributed by atoms with E-state index in [0.29, 0.717) is 16.4 Å². The molecule has 1 unspecified atom stereocenters. The normalized spacial score (nSPS) is 21.3. The number of aromatic nitrogens is 4. The highest BCUT2D eigenvalue weighted by atomic mass is 32.2. The van der Waals surface area contributed by atoms with Crippen molar-refractivity contribution < 1.29 is 24.6 Å². The van der Waals surface area contributed by atoms with Gasteiger partial charge in [-0.25, -0.2) is 9.59 Å². The first kappa shape index (κ1) is 19.5. The van der Waals surface area contributed by atoms with Crippen LogP contribution in [0.15, 0.2) is 33.2 Å². The monoisotopic (exact) mass is 438 g/mol. The molecule has 152 valence electrons. The van der Waals surface area contributed by atoms with Crippen molar-refractivity contribution in [3.05, 3.63) is 33.9 Å². The summed E-state index contributed by atoms with van der Waals surface area (Å²) in [6, 6.07) is 2.43. The summed E-state index contributed by atoms with van der Waals surface area (Å²) in [5.74, 6) is -2.15. The minimum atomic E-state index is -1.20. The molecule has 0 spiro atoms. The van der Waals surface area contributed by atoms with E-state index in [1.807, 2.05) is 0 Å². The predicted octanol–water partition coefficient (Wildman–Crippen LogP) is -1.35. The van der Waals surface area contributed by atoms with Gasteiger partial charge in [0.05, 0.1) is 0 Å². The molecular weight excluding hydrogens is 424 g/mol. The number of hydrogen-bond acceptors (Lipinski definition) is 9. The number of hydrogen-bond donors (Lipinski definition) is 3. The average Bonchev–Trinajstić information content (AvgIpc) is 2.99. The van der Waals surface area contributed by atoms with Gasteiger partial charge in [0.25, 0.3) is 0 Å². The molecule has 2 atom stereocenters. The molecule has 14 heteroatoms. The van der Waals surface area contributed by atoms with Gasteiger partial charge >= 0.3 is 17.6 Å². The Morgan fingerprint density at radius 1 is 1.28 bits per heavy atom. The molecule has 2 aliphatic heterocycles. The minimum absolute atomic E-state index is 0.0551. The third kappa shape index (κ3) is 3.28. The van der Waals surface area contributed by atoms with Gasteiger partial charge in [0.1, 0.15) is 28.7 Å². The van der Waals surface area contributed by atoms with Crippen LogP contribution < -0.4 is 11.4 Å². The summed E-state index contributed by atoms with van der Waals surface area (Å²) in [5, 5.41) is 26.5. The fourth-order valence-corrected chi connectivity index (χ4v) is 5.34. The molecule has 0 bridgehead atoms. The second-order valence-electron chi connectivity index (χ2n) is 6.26. The van der Waals surface area contributed by atoms with Gasteiger partial charge in [-0.3, -0.25) is 14.5 Å². The molecule has 29 heavy (non-hydrogen) atoms. The first-order valence-electron chi connectivity index (χ1n) is 8.25. The summed E-state index contributed by atoms with van der Waals surface area (Å²) < 4.78 is 1.78. The number of aliphatic carboxylic acids is 2. The number of nitrogens with zero attached hydrogens (tertiary/aromatic N) is 5. The maximum atomic E-state index is 12.2. The largest absolute Gasteiger partial charge is 0.480 e. The Balaban J connectivity index is 1.58. The lowest BCUT2D eigenvalue weighted by atomic mass is 10.0. The topological polar surface area (TPSA) is 173 Å². The van der Waals surface area contributed by atoms with Crippen LogP contribution in [0.3, 0.4) is 0 Å². The van der Waals surface area contributed by atoms with Crippen molar-refractivity contribution in [3.63, 3.8) is 0 Å². The number of β-lactam (4-membered cyclic amide) rings is 1. The molecule has 0 radical (unpaired) electrons. The maximum absolute atomic E-state index is 12.2. The molecule has 2 aliphatic rings. The van der Waals surface area contributed by atoms with Crippen LogP contribution in [0.2, 0.25) is 0 Å². The Morgan fingerprint density at radius 3 is 2.72 bits per heavy atom. The first-order chi connectivity index (χ1) is 13.8. The van der Waals surface area contributed by atoms with Crippen LogP contribution in [-0.4, -0.2) is 75.3 Å². The fraction of sp³-hybridized carbons (Fsp3) is 0.333. The lowest BCUT2D eigenvalue weighted by molar-refractivity contribution is -0.147. The number of carbonyl (C=O) groups is 3. The van der Waals surface area contributed by atoms with Gasteiger partial charge in [0.15, 0.2) is 5.65 Å². The quantitative estimate of drug-likeness (QED) is 0.359. The highest BCUT2D eigenvalue weighted by molar-refractivity contribution is 8.01. The number of rotatable bonds is 6. The number of carboxylic acids is 2. The van der Waals surface area contributed by atoms with Gasteiger partial charge in [-0.2, -0.15) is 14.3 Å². The molecule has 0 aromatic carbocycles. The third-order valence-corrected chi connectivity index (χ3v) is 6.75. The second kappa shape index (κ2) is 7.20. The zero-order chi connectivity index (χ0) is 20.9. The van der Waals surface area contributed by atoms with E-state index in [1.54, 1.807) is 6.07 Å². The molecule has 0 aliphatic carbocycles. The molecule has 1 saturated heterocycles. The van der Waals surface area contributed by atoms with Crippen molar-refractivity contribution in [3.8, 4) is 0 Å². The summed E-state index contributed by atoms with van der Waals surface area (Å²) in [4.78, 5) is 47.9. The van der Waals surface area contributed by atoms with Crippen LogP contribution in [0.1, 0.15) is 0 Å². The Kier molecular flexibility index (Phi) is 4.84. The van der Waals surface area contributed by atoms with Crippen LogP contribution in [0.5, 0.6) is 0 Å². The third-order valence-electron chi connectivity index (χ3n) is 4.39. The summed E-state index contributed by atoms with van der Waals surface area (Å²) >= 11 is 2.60. The number of nitrogens with two attached hydrogens (primary N) is 1. The van der Waals surface area contributed by atoms with Gasteiger partial charge in [0.2, 0.25) is 5.91 Å². The van der Waals surface area contributed by atoms with Crippen molar-refractivity contribution in [2.24, 2.45) is 5.73 Å². The molecule has 2 aromatic rings. The fourth-order valence-electron chi connectivity index (χ4n) is 3.05. The zero-order valence-electron chi connectivity index (χ0n) is 14.6. The molecule has 4 N–H and O–H groups in total. The van der Waals surface area contributed by atoms with E-state index in [9.17, 15) is 24.3 Å². The van der Waals surface area contributed by atoms with E-state index in [-0.39, 0.29) is 22.5 Å². The first-order valence-corrected chi connectivity index (χ1v) is 10.3. The van der Waals surface area contributed by atoms with E-state index in [2.05, 4.69) is 10.2 Å². The maximum Gasteiger partial charge on any atom is 0.367 e. The predicted molar refractivity (Wildman–Crippen MR) is 101 cm³/mol. The van der Waals surface area contributed by atoms with Gasteiger partial charge in [-0.1, -0.05) is 0 Å². The number of amides is 1. The average molecular weight is 438 g/mol. The van der Waals surface area contributed by atoms with E-state index in [1.165, 1.54) is 34.5 Å². The molecule has 4 rings (SSSR count). The second-order valence-corrected chi connectivity index (χ2v) is 8.36. The number of carbonyl (C=O) groups excluding carboxylic acids is 1. The molecule has 12 nitrogen and oxygen atoms in total. The van der Waals surface area contributed by atoms with Crippen LogP contribution in [0.4, 0.5) is 0 Å². The highest BCUT2D eigenvalue weighted by Crippen LogP contribution is 2.40. The zero-order valence-corrected chi connectivity index (χ0v) is 16.2. The molecule has 0 saturated carbocycles. The smallest absolute Gasteiger partial charge is 0.367 e. The van der Waals surface area contributed by atoms with E-state index < -0.39 is 36.1 Å². The SMILES string of the molecule is NC1C(=O)N2C(C(=O)O)=C(CSc3ccc4nn(CC(=O)O)c(=O)n4n3)CS[C@H]12. The van der Waals surface area contributed by atoms with Crippen LogP contribution >= 0.6 is 23.5 Å². The Hall–Kier alpha value is -2.84. The lowest BCUT2D eigenvalue weighted by Crippen LogP contribution is -2.68. The van der Waals surface area contributed by atoms with Gasteiger partial charge < -0.3 is 15.9 Å². The van der Waals surface area contributed by atoms with Crippen LogP contribution in [0, 0.1) is 0 Å². The standard InChI is InChI=1S/C15H14N6O6S2/c16-10-12(24)20-11(14(25)26)6(5-29-13(10)20)4-28-8-2-1-7-17-19(3-9(22)23)15(27)21(7)18-8/h1-2,10,13H,3-5,16H2,(H,22,23)(H,25,26)/t10?,13-/m1/s1. The number of fused-ring (bicyclic) bond motifs is 2. The van der Waals surface area contributed by atoms with Crippen LogP contribution in [0.25, 0.3) is 5.65 Å². The molecular formula is C15H14N6O6S2. The van der Waals surface area contributed by atoms with E-state index in [0.717, 1.165) is 9.20 Å². The van der Waals surface area contributed by atoms with Gasteiger partial charge in [0, 0.05) is 11.5 Å². The van der Waals surface area contributed by atoms with Crippen molar-refractivity contribution in [2.45, 2.75) is 23.0 Å². The molecule has 2 aromatic heterocycles.